The summed E-state index contributed by atoms with van der Waals surface area (Å²) in [6.45, 7) is 2.00. The Hall–Kier alpha value is -1.66. The Balaban J connectivity index is 1.85. The van der Waals surface area contributed by atoms with E-state index >= 15 is 0 Å². The molecule has 0 fully saturated rings. The van der Waals surface area contributed by atoms with Crippen molar-refractivity contribution in [1.29, 1.82) is 0 Å². The summed E-state index contributed by atoms with van der Waals surface area (Å²) in [6.07, 6.45) is 0.910. The third kappa shape index (κ3) is 4.68. The zero-order valence-electron chi connectivity index (χ0n) is 11.5. The second-order valence-corrected chi connectivity index (χ2v) is 6.85. The molecule has 0 aliphatic rings. The molecule has 0 bridgehead atoms. The number of aryl methyl sites for hydroxylation is 1. The number of amides is 2. The van der Waals surface area contributed by atoms with Crippen LogP contribution in [0.25, 0.3) is 0 Å². The first kappa shape index (κ1) is 15.7. The Morgan fingerprint density at radius 1 is 1.24 bits per heavy atom. The first-order valence-electron chi connectivity index (χ1n) is 6.51. The molecule has 6 heteroatoms. The third-order valence-electron chi connectivity index (χ3n) is 2.83. The molecule has 0 unspecified atom stereocenters. The van der Waals surface area contributed by atoms with Crippen LogP contribution in [0.4, 0.5) is 5.69 Å². The molecule has 4 nitrogen and oxygen atoms in total. The van der Waals surface area contributed by atoms with E-state index in [4.69, 9.17) is 0 Å². The molecule has 1 aromatic carbocycles. The van der Waals surface area contributed by atoms with Gasteiger partial charge in [0.2, 0.25) is 5.91 Å². The van der Waals surface area contributed by atoms with Crippen molar-refractivity contribution in [2.75, 3.05) is 11.9 Å². The predicted octanol–water partition coefficient (Wildman–Crippen LogP) is 3.44. The van der Waals surface area contributed by atoms with Crippen LogP contribution in [-0.4, -0.2) is 18.4 Å². The van der Waals surface area contributed by atoms with E-state index in [9.17, 15) is 9.59 Å². The van der Waals surface area contributed by atoms with Crippen molar-refractivity contribution in [2.24, 2.45) is 0 Å². The lowest BCUT2D eigenvalue weighted by molar-refractivity contribution is -0.115. The number of rotatable bonds is 5. The molecule has 0 aliphatic carbocycles. The van der Waals surface area contributed by atoms with Gasteiger partial charge in [-0.25, -0.2) is 0 Å². The largest absolute Gasteiger partial charge is 0.342 e. The smallest absolute Gasteiger partial charge is 0.261 e. The Kier molecular flexibility index (Phi) is 5.52. The number of carbonyl (C=O) groups is 2. The van der Waals surface area contributed by atoms with Crippen LogP contribution in [-0.2, 0) is 11.2 Å². The monoisotopic (exact) mass is 366 g/mol. The number of nitrogens with one attached hydrogen (secondary N) is 2. The van der Waals surface area contributed by atoms with Crippen molar-refractivity contribution in [2.45, 2.75) is 13.3 Å². The maximum atomic E-state index is 11.8. The molecule has 0 aliphatic heterocycles. The van der Waals surface area contributed by atoms with Gasteiger partial charge in [0, 0.05) is 5.69 Å². The first-order valence-corrected chi connectivity index (χ1v) is 8.11. The van der Waals surface area contributed by atoms with Gasteiger partial charge in [0.25, 0.3) is 5.91 Å². The highest BCUT2D eigenvalue weighted by Crippen LogP contribution is 2.21. The Morgan fingerprint density at radius 3 is 2.71 bits per heavy atom. The number of thiophene rings is 1. The fourth-order valence-corrected chi connectivity index (χ4v) is 3.06. The van der Waals surface area contributed by atoms with Gasteiger partial charge in [-0.3, -0.25) is 9.59 Å². The number of anilines is 1. The Bertz CT molecular complexity index is 655. The molecule has 2 aromatic rings. The molecule has 0 spiro atoms. The summed E-state index contributed by atoms with van der Waals surface area (Å²) >= 11 is 4.63. The van der Waals surface area contributed by atoms with E-state index in [1.165, 1.54) is 11.3 Å². The molecule has 110 valence electrons. The molecular formula is C15H15BrN2O2S. The van der Waals surface area contributed by atoms with Crippen LogP contribution >= 0.6 is 27.3 Å². The molecule has 0 saturated heterocycles. The maximum absolute atomic E-state index is 11.8. The minimum absolute atomic E-state index is 0.0509. The maximum Gasteiger partial charge on any atom is 0.261 e. The van der Waals surface area contributed by atoms with Gasteiger partial charge < -0.3 is 10.6 Å². The Labute approximate surface area is 135 Å². The molecule has 1 aromatic heterocycles. The Morgan fingerprint density at radius 2 is 2.05 bits per heavy atom. The van der Waals surface area contributed by atoms with Gasteiger partial charge in [0.1, 0.15) is 0 Å². The van der Waals surface area contributed by atoms with Gasteiger partial charge in [-0.1, -0.05) is 19.1 Å². The molecule has 2 N–H and O–H groups in total. The van der Waals surface area contributed by atoms with Crippen LogP contribution in [0, 0.1) is 0 Å². The van der Waals surface area contributed by atoms with Gasteiger partial charge in [0.15, 0.2) is 0 Å². The van der Waals surface area contributed by atoms with Crippen molar-refractivity contribution >= 4 is 44.8 Å². The summed E-state index contributed by atoms with van der Waals surface area (Å²) in [5.41, 5.74) is 1.90. The van der Waals surface area contributed by atoms with Crippen molar-refractivity contribution < 1.29 is 9.59 Å². The zero-order valence-corrected chi connectivity index (χ0v) is 13.9. The van der Waals surface area contributed by atoms with E-state index < -0.39 is 0 Å². The van der Waals surface area contributed by atoms with Crippen LogP contribution in [0.3, 0.4) is 0 Å². The molecule has 2 amide bonds. The summed E-state index contributed by atoms with van der Waals surface area (Å²) in [5, 5.41) is 5.37. The van der Waals surface area contributed by atoms with Crippen molar-refractivity contribution in [1.82, 2.24) is 5.32 Å². The molecule has 2 rings (SSSR count). The normalized spacial score (nSPS) is 10.2. The molecule has 21 heavy (non-hydrogen) atoms. The highest BCUT2D eigenvalue weighted by Gasteiger charge is 2.10. The van der Waals surface area contributed by atoms with E-state index in [1.54, 1.807) is 12.1 Å². The van der Waals surface area contributed by atoms with E-state index in [1.807, 2.05) is 24.3 Å². The van der Waals surface area contributed by atoms with Crippen LogP contribution in [0.5, 0.6) is 0 Å². The second kappa shape index (κ2) is 7.38. The van der Waals surface area contributed by atoms with Gasteiger partial charge in [-0.15, -0.1) is 11.3 Å². The third-order valence-corrected chi connectivity index (χ3v) is 4.45. The number of halogens is 1. The van der Waals surface area contributed by atoms with E-state index in [0.29, 0.717) is 4.88 Å². The second-order valence-electron chi connectivity index (χ2n) is 4.39. The number of hydrogen-bond acceptors (Lipinski definition) is 3. The molecular weight excluding hydrogens is 352 g/mol. The summed E-state index contributed by atoms with van der Waals surface area (Å²) < 4.78 is 0.883. The van der Waals surface area contributed by atoms with Crippen molar-refractivity contribution in [3.63, 3.8) is 0 Å². The summed E-state index contributed by atoms with van der Waals surface area (Å²) in [6, 6.07) is 11.2. The summed E-state index contributed by atoms with van der Waals surface area (Å²) in [7, 11) is 0. The van der Waals surface area contributed by atoms with Crippen LogP contribution in [0.15, 0.2) is 40.2 Å². The fraction of sp³-hybridized carbons (Fsp3) is 0.200. The van der Waals surface area contributed by atoms with Gasteiger partial charge in [-0.2, -0.15) is 0 Å². The van der Waals surface area contributed by atoms with Crippen LogP contribution in [0.1, 0.15) is 22.2 Å². The predicted molar refractivity (Wildman–Crippen MR) is 88.8 cm³/mol. The lowest BCUT2D eigenvalue weighted by Gasteiger charge is -2.07. The summed E-state index contributed by atoms with van der Waals surface area (Å²) in [5.74, 6) is -0.490. The standard InChI is InChI=1S/C15H15BrN2O2S/c1-2-10-4-3-5-11(8-10)18-14(19)9-17-15(20)12-6-7-13(16)21-12/h3-8H,2,9H2,1H3,(H,17,20)(H,18,19). The van der Waals surface area contributed by atoms with Crippen molar-refractivity contribution in [3.05, 3.63) is 50.6 Å². The lowest BCUT2D eigenvalue weighted by atomic mass is 10.1. The number of carbonyl (C=O) groups excluding carboxylic acids is 2. The average molecular weight is 367 g/mol. The van der Waals surface area contributed by atoms with Gasteiger partial charge >= 0.3 is 0 Å². The van der Waals surface area contributed by atoms with Gasteiger partial charge in [-0.05, 0) is 52.2 Å². The van der Waals surface area contributed by atoms with E-state index in [0.717, 1.165) is 21.5 Å². The highest BCUT2D eigenvalue weighted by molar-refractivity contribution is 9.11. The molecule has 0 atom stereocenters. The molecule has 0 radical (unpaired) electrons. The minimum atomic E-state index is -0.247. The number of benzene rings is 1. The van der Waals surface area contributed by atoms with E-state index in [2.05, 4.69) is 33.5 Å². The molecule has 1 heterocycles. The first-order chi connectivity index (χ1) is 10.1. The fourth-order valence-electron chi connectivity index (χ4n) is 1.76. The number of hydrogen-bond donors (Lipinski definition) is 2. The quantitative estimate of drug-likeness (QED) is 0.851. The van der Waals surface area contributed by atoms with Crippen LogP contribution in [0.2, 0.25) is 0 Å². The lowest BCUT2D eigenvalue weighted by Crippen LogP contribution is -2.32. The summed E-state index contributed by atoms with van der Waals surface area (Å²) in [4.78, 5) is 24.2. The van der Waals surface area contributed by atoms with Crippen LogP contribution < -0.4 is 10.6 Å². The topological polar surface area (TPSA) is 58.2 Å². The van der Waals surface area contributed by atoms with Crippen molar-refractivity contribution in [3.8, 4) is 0 Å². The average Bonchev–Trinajstić information content (AvgIpc) is 2.91. The SMILES string of the molecule is CCc1cccc(NC(=O)CNC(=O)c2ccc(Br)s2)c1. The highest BCUT2D eigenvalue weighted by atomic mass is 79.9. The molecule has 0 saturated carbocycles. The minimum Gasteiger partial charge on any atom is -0.342 e. The zero-order chi connectivity index (χ0) is 15.2. The van der Waals surface area contributed by atoms with E-state index in [-0.39, 0.29) is 18.4 Å². The van der Waals surface area contributed by atoms with Gasteiger partial charge in [0.05, 0.1) is 15.2 Å².